The normalized spacial score (nSPS) is 26.4. The van der Waals surface area contributed by atoms with E-state index in [9.17, 15) is 24.3 Å². The van der Waals surface area contributed by atoms with Crippen molar-refractivity contribution in [3.8, 4) is 0 Å². The average Bonchev–Trinajstić information content (AvgIpc) is 3.03. The van der Waals surface area contributed by atoms with Crippen molar-refractivity contribution in [1.82, 2.24) is 5.01 Å². The molecule has 0 atom stereocenters. The van der Waals surface area contributed by atoms with Crippen LogP contribution in [-0.2, 0) is 9.59 Å². The lowest BCUT2D eigenvalue weighted by Crippen LogP contribution is -2.50. The third kappa shape index (κ3) is 5.21. The van der Waals surface area contributed by atoms with E-state index in [1.165, 1.54) is 41.3 Å². The number of nitrogens with one attached hydrogen (secondary N) is 1. The highest BCUT2D eigenvalue weighted by molar-refractivity contribution is 6.15. The monoisotopic (exact) mass is 570 g/mol. The van der Waals surface area contributed by atoms with Gasteiger partial charge in [-0.05, 0) is 80.5 Å². The highest BCUT2D eigenvalue weighted by atomic mass is 16.4. The molecule has 0 radical (unpaired) electrons. The Kier molecular flexibility index (Phi) is 6.94. The summed E-state index contributed by atoms with van der Waals surface area (Å²) < 4.78 is 0. The molecular formula is C33H38N4O5. The number of para-hydroxylation sites is 1. The van der Waals surface area contributed by atoms with Gasteiger partial charge in [-0.15, -0.1) is 0 Å². The Hall–Kier alpha value is -4.01. The minimum absolute atomic E-state index is 0.0445. The maximum absolute atomic E-state index is 14.2. The second-order valence-electron chi connectivity index (χ2n) is 13.7. The maximum Gasteiger partial charge on any atom is 0.345 e. The number of Topliss-reactive ketones (excluding diaryl/α,β-unsaturated/α-hetero) is 1. The van der Waals surface area contributed by atoms with Gasteiger partial charge in [0.15, 0.2) is 5.78 Å². The van der Waals surface area contributed by atoms with Gasteiger partial charge in [0.2, 0.25) is 5.91 Å². The standard InChI is InChI=1S/C33H38N4O5/c1-32(2,3)27(38)18-36-26-10-5-4-9-25(26)29(33-15-20-11-21(16-33)13-22(12-20)17-33)35-37(31(36)42)19-28(39)34-24-8-6-7-23(14-24)30(40)41/h4-10,14,20-22H,11-13,15-19H2,1-3H3,(H,34,39)(H,40,41). The van der Waals surface area contributed by atoms with E-state index in [1.54, 1.807) is 12.1 Å². The number of hydrogen-bond acceptors (Lipinski definition) is 5. The Bertz CT molecular complexity index is 1450. The predicted molar refractivity (Wildman–Crippen MR) is 160 cm³/mol. The lowest BCUT2D eigenvalue weighted by Gasteiger charge is -2.57. The molecule has 0 saturated heterocycles. The number of amides is 3. The first-order valence-corrected chi connectivity index (χ1v) is 14.9. The minimum Gasteiger partial charge on any atom is -0.478 e. The minimum atomic E-state index is -1.10. The van der Waals surface area contributed by atoms with Crippen LogP contribution in [-0.4, -0.2) is 52.6 Å². The molecule has 4 bridgehead atoms. The van der Waals surface area contributed by atoms with Gasteiger partial charge >= 0.3 is 12.0 Å². The number of carbonyl (C=O) groups is 4. The topological polar surface area (TPSA) is 119 Å². The summed E-state index contributed by atoms with van der Waals surface area (Å²) in [5.41, 5.74) is 1.86. The van der Waals surface area contributed by atoms with Crippen molar-refractivity contribution in [2.45, 2.75) is 59.3 Å². The van der Waals surface area contributed by atoms with Gasteiger partial charge in [-0.1, -0.05) is 45.0 Å². The molecule has 0 unspecified atom stereocenters. The van der Waals surface area contributed by atoms with E-state index in [1.807, 2.05) is 45.0 Å². The zero-order chi connectivity index (χ0) is 29.8. The SMILES string of the molecule is CC(C)(C)C(=O)CN1C(=O)N(CC(=O)Nc2cccc(C(=O)O)c2)N=C(C23CC4CC(CC(C4)C2)C3)c2ccccc21. The molecule has 4 fully saturated rings. The van der Waals surface area contributed by atoms with E-state index in [-0.39, 0.29) is 29.9 Å². The first kappa shape index (κ1) is 28.1. The molecule has 9 heteroatoms. The number of anilines is 2. The van der Waals surface area contributed by atoms with Gasteiger partial charge < -0.3 is 10.4 Å². The van der Waals surface area contributed by atoms with E-state index in [2.05, 4.69) is 5.32 Å². The van der Waals surface area contributed by atoms with Crippen molar-refractivity contribution in [1.29, 1.82) is 0 Å². The van der Waals surface area contributed by atoms with Crippen LogP contribution in [0.15, 0.2) is 53.6 Å². The van der Waals surface area contributed by atoms with Gasteiger partial charge in [0, 0.05) is 22.1 Å². The summed E-state index contributed by atoms with van der Waals surface area (Å²) in [5, 5.41) is 18.3. The van der Waals surface area contributed by atoms with E-state index >= 15 is 0 Å². The summed E-state index contributed by atoms with van der Waals surface area (Å²) in [7, 11) is 0. The van der Waals surface area contributed by atoms with Crippen molar-refractivity contribution in [3.05, 3.63) is 59.7 Å². The number of nitrogens with zero attached hydrogens (tertiary/aromatic N) is 3. The molecule has 1 aliphatic heterocycles. The number of hydrazone groups is 1. The number of carboxylic acids is 1. The Morgan fingerprint density at radius 1 is 0.952 bits per heavy atom. The number of urea groups is 1. The molecule has 3 amide bonds. The van der Waals surface area contributed by atoms with Crippen LogP contribution in [0.4, 0.5) is 16.2 Å². The molecule has 2 aromatic carbocycles. The van der Waals surface area contributed by atoms with Crippen LogP contribution < -0.4 is 10.2 Å². The fourth-order valence-corrected chi connectivity index (χ4v) is 7.86. The van der Waals surface area contributed by atoms with Gasteiger partial charge in [-0.25, -0.2) is 14.6 Å². The Labute approximate surface area is 246 Å². The number of carbonyl (C=O) groups excluding carboxylic acids is 3. The van der Waals surface area contributed by atoms with Gasteiger partial charge in [0.1, 0.15) is 6.54 Å². The van der Waals surface area contributed by atoms with Crippen molar-refractivity contribution in [3.63, 3.8) is 0 Å². The molecule has 2 aromatic rings. The van der Waals surface area contributed by atoms with E-state index in [4.69, 9.17) is 5.10 Å². The molecular weight excluding hydrogens is 532 g/mol. The van der Waals surface area contributed by atoms with Gasteiger partial charge in [-0.2, -0.15) is 5.10 Å². The first-order chi connectivity index (χ1) is 19.9. The van der Waals surface area contributed by atoms with Crippen LogP contribution in [0.5, 0.6) is 0 Å². The number of ketones is 1. The molecule has 4 saturated carbocycles. The highest BCUT2D eigenvalue weighted by Crippen LogP contribution is 2.61. The number of carboxylic acid groups (broad SMARTS) is 1. The van der Waals surface area contributed by atoms with Gasteiger partial charge in [0.05, 0.1) is 23.5 Å². The zero-order valence-electron chi connectivity index (χ0n) is 24.4. The Balaban J connectivity index is 1.39. The summed E-state index contributed by atoms with van der Waals surface area (Å²) in [5.74, 6) is 0.215. The van der Waals surface area contributed by atoms with Crippen molar-refractivity contribution >= 4 is 40.8 Å². The molecule has 9 nitrogen and oxygen atoms in total. The van der Waals surface area contributed by atoms with Crippen LogP contribution in [0.25, 0.3) is 0 Å². The predicted octanol–water partition coefficient (Wildman–Crippen LogP) is 5.80. The smallest absolute Gasteiger partial charge is 0.345 e. The summed E-state index contributed by atoms with van der Waals surface area (Å²) in [6.45, 7) is 4.98. The first-order valence-electron chi connectivity index (χ1n) is 14.9. The number of fused-ring (bicyclic) bond motifs is 1. The fourth-order valence-electron chi connectivity index (χ4n) is 7.86. The number of hydrogen-bond donors (Lipinski definition) is 2. The third-order valence-electron chi connectivity index (χ3n) is 9.49. The number of benzene rings is 2. The molecule has 1 heterocycles. The molecule has 2 N–H and O–H groups in total. The lowest BCUT2D eigenvalue weighted by atomic mass is 9.48. The summed E-state index contributed by atoms with van der Waals surface area (Å²) in [6, 6.07) is 13.1. The third-order valence-corrected chi connectivity index (χ3v) is 9.49. The van der Waals surface area contributed by atoms with Gasteiger partial charge in [-0.3, -0.25) is 14.5 Å². The van der Waals surface area contributed by atoms with E-state index in [0.717, 1.165) is 30.5 Å². The highest BCUT2D eigenvalue weighted by Gasteiger charge is 2.54. The molecule has 220 valence electrons. The molecule has 7 rings (SSSR count). The largest absolute Gasteiger partial charge is 0.478 e. The molecule has 0 spiro atoms. The molecule has 42 heavy (non-hydrogen) atoms. The average molecular weight is 571 g/mol. The second-order valence-corrected chi connectivity index (χ2v) is 13.7. The van der Waals surface area contributed by atoms with Crippen molar-refractivity contribution < 1.29 is 24.3 Å². The van der Waals surface area contributed by atoms with Crippen LogP contribution in [0.2, 0.25) is 0 Å². The van der Waals surface area contributed by atoms with Crippen molar-refractivity contribution in [2.75, 3.05) is 23.3 Å². The van der Waals surface area contributed by atoms with Crippen LogP contribution in [0.1, 0.15) is 75.2 Å². The fraction of sp³-hybridized carbons (Fsp3) is 0.485. The van der Waals surface area contributed by atoms with Crippen molar-refractivity contribution in [2.24, 2.45) is 33.7 Å². The summed E-state index contributed by atoms with van der Waals surface area (Å²) in [6.07, 6.45) is 6.80. The van der Waals surface area contributed by atoms with Crippen LogP contribution >= 0.6 is 0 Å². The molecule has 5 aliphatic rings. The van der Waals surface area contributed by atoms with E-state index in [0.29, 0.717) is 29.1 Å². The Morgan fingerprint density at radius 3 is 2.21 bits per heavy atom. The maximum atomic E-state index is 14.2. The molecule has 4 aliphatic carbocycles. The molecule has 0 aromatic heterocycles. The number of rotatable bonds is 7. The van der Waals surface area contributed by atoms with Gasteiger partial charge in [0.25, 0.3) is 0 Å². The quantitative estimate of drug-likeness (QED) is 0.436. The number of aromatic carboxylic acids is 1. The summed E-state index contributed by atoms with van der Waals surface area (Å²) in [4.78, 5) is 53.7. The van der Waals surface area contributed by atoms with Crippen LogP contribution in [0, 0.1) is 28.6 Å². The summed E-state index contributed by atoms with van der Waals surface area (Å²) >= 11 is 0. The van der Waals surface area contributed by atoms with Crippen LogP contribution in [0.3, 0.4) is 0 Å². The lowest BCUT2D eigenvalue weighted by molar-refractivity contribution is -0.124. The van der Waals surface area contributed by atoms with E-state index < -0.39 is 23.3 Å². The Morgan fingerprint density at radius 2 is 1.60 bits per heavy atom. The second kappa shape index (κ2) is 10.4. The zero-order valence-corrected chi connectivity index (χ0v) is 24.4.